The zero-order valence-corrected chi connectivity index (χ0v) is 10.6. The van der Waals surface area contributed by atoms with E-state index in [1.165, 1.54) is 7.11 Å². The topological polar surface area (TPSA) is 64.6 Å². The van der Waals surface area contributed by atoms with E-state index in [4.69, 9.17) is 4.74 Å². The minimum atomic E-state index is -0.469. The molecule has 0 spiro atoms. The van der Waals surface area contributed by atoms with Crippen molar-refractivity contribution in [3.63, 3.8) is 0 Å². The van der Waals surface area contributed by atoms with Gasteiger partial charge in [0.05, 0.1) is 20.1 Å². The Bertz CT molecular complexity index is 417. The standard InChI is InChI=1S/C13H17NO4/c1-10-5-3-4-6-11(10)18-8-7-12(15)14-9-13(16)17-2/h3-6H,7-9H2,1-2H3,(H,14,15). The molecule has 0 aromatic heterocycles. The molecule has 0 aliphatic rings. The molecule has 5 heteroatoms. The number of methoxy groups -OCH3 is 1. The Kier molecular flexibility index (Phi) is 5.70. The molecular weight excluding hydrogens is 234 g/mol. The lowest BCUT2D eigenvalue weighted by Crippen LogP contribution is -2.31. The summed E-state index contributed by atoms with van der Waals surface area (Å²) in [6, 6.07) is 7.58. The van der Waals surface area contributed by atoms with Gasteiger partial charge in [-0.3, -0.25) is 9.59 Å². The molecule has 0 radical (unpaired) electrons. The third-order valence-corrected chi connectivity index (χ3v) is 2.34. The molecule has 1 amide bonds. The van der Waals surface area contributed by atoms with Crippen LogP contribution < -0.4 is 10.1 Å². The number of rotatable bonds is 6. The van der Waals surface area contributed by atoms with Crippen LogP contribution in [0.25, 0.3) is 0 Å². The van der Waals surface area contributed by atoms with Crippen LogP contribution in [0, 0.1) is 6.92 Å². The van der Waals surface area contributed by atoms with Crippen LogP contribution in [0.15, 0.2) is 24.3 Å². The van der Waals surface area contributed by atoms with Crippen LogP contribution in [0.1, 0.15) is 12.0 Å². The van der Waals surface area contributed by atoms with E-state index in [9.17, 15) is 9.59 Å². The summed E-state index contributed by atoms with van der Waals surface area (Å²) in [6.07, 6.45) is 0.200. The highest BCUT2D eigenvalue weighted by Gasteiger charge is 2.05. The molecule has 98 valence electrons. The van der Waals surface area contributed by atoms with Crippen molar-refractivity contribution >= 4 is 11.9 Å². The fourth-order valence-electron chi connectivity index (χ4n) is 1.30. The third-order valence-electron chi connectivity index (χ3n) is 2.34. The smallest absolute Gasteiger partial charge is 0.325 e. The van der Waals surface area contributed by atoms with Gasteiger partial charge in [0.1, 0.15) is 12.3 Å². The van der Waals surface area contributed by atoms with Gasteiger partial charge in [-0.25, -0.2) is 0 Å². The zero-order chi connectivity index (χ0) is 13.4. The number of esters is 1. The summed E-state index contributed by atoms with van der Waals surface area (Å²) in [7, 11) is 1.27. The third kappa shape index (κ3) is 4.86. The second kappa shape index (κ2) is 7.32. The predicted octanol–water partition coefficient (Wildman–Crippen LogP) is 1.05. The maximum Gasteiger partial charge on any atom is 0.325 e. The highest BCUT2D eigenvalue weighted by molar-refractivity contribution is 5.81. The summed E-state index contributed by atoms with van der Waals surface area (Å²) in [5, 5.41) is 2.44. The van der Waals surface area contributed by atoms with Crippen molar-refractivity contribution in [2.75, 3.05) is 20.3 Å². The zero-order valence-electron chi connectivity index (χ0n) is 10.6. The van der Waals surface area contributed by atoms with Crippen molar-refractivity contribution in [3.8, 4) is 5.75 Å². The van der Waals surface area contributed by atoms with E-state index in [-0.39, 0.29) is 25.5 Å². The van der Waals surface area contributed by atoms with Gasteiger partial charge in [-0.2, -0.15) is 0 Å². The number of amides is 1. The monoisotopic (exact) mass is 251 g/mol. The normalized spacial score (nSPS) is 9.67. The van der Waals surface area contributed by atoms with E-state index in [1.54, 1.807) is 0 Å². The average Bonchev–Trinajstić information content (AvgIpc) is 2.38. The summed E-state index contributed by atoms with van der Waals surface area (Å²) in [5.74, 6) is 0.0513. The maximum atomic E-state index is 11.3. The Labute approximate surface area is 106 Å². The van der Waals surface area contributed by atoms with Crippen molar-refractivity contribution in [2.24, 2.45) is 0 Å². The van der Waals surface area contributed by atoms with E-state index in [2.05, 4.69) is 10.1 Å². The number of aryl methyl sites for hydroxylation is 1. The summed E-state index contributed by atoms with van der Waals surface area (Å²) in [6.45, 7) is 2.10. The van der Waals surface area contributed by atoms with Crippen LogP contribution in [0.5, 0.6) is 5.75 Å². The fraction of sp³-hybridized carbons (Fsp3) is 0.385. The number of nitrogens with one attached hydrogen (secondary N) is 1. The lowest BCUT2D eigenvalue weighted by Gasteiger charge is -2.08. The number of ether oxygens (including phenoxy) is 2. The molecule has 0 saturated carbocycles. The van der Waals surface area contributed by atoms with E-state index in [1.807, 2.05) is 31.2 Å². The molecule has 0 saturated heterocycles. The van der Waals surface area contributed by atoms with Gasteiger partial charge >= 0.3 is 5.97 Å². The fourth-order valence-corrected chi connectivity index (χ4v) is 1.30. The van der Waals surface area contributed by atoms with Gasteiger partial charge in [0.25, 0.3) is 0 Å². The summed E-state index contributed by atoms with van der Waals surface area (Å²) in [5.41, 5.74) is 1.02. The molecule has 1 rings (SSSR count). The minimum Gasteiger partial charge on any atom is -0.493 e. The van der Waals surface area contributed by atoms with Gasteiger partial charge in [0.15, 0.2) is 0 Å². The molecule has 1 N–H and O–H groups in total. The van der Waals surface area contributed by atoms with Gasteiger partial charge in [0.2, 0.25) is 5.91 Å². The van der Waals surface area contributed by atoms with Gasteiger partial charge in [-0.1, -0.05) is 18.2 Å². The molecule has 18 heavy (non-hydrogen) atoms. The van der Waals surface area contributed by atoms with Crippen molar-refractivity contribution in [1.82, 2.24) is 5.32 Å². The largest absolute Gasteiger partial charge is 0.493 e. The van der Waals surface area contributed by atoms with Crippen molar-refractivity contribution < 1.29 is 19.1 Å². The summed E-state index contributed by atoms with van der Waals surface area (Å²) in [4.78, 5) is 22.1. The van der Waals surface area contributed by atoms with Gasteiger partial charge in [-0.05, 0) is 18.6 Å². The van der Waals surface area contributed by atoms with Crippen LogP contribution in [0.4, 0.5) is 0 Å². The minimum absolute atomic E-state index is 0.111. The first-order valence-electron chi connectivity index (χ1n) is 5.65. The average molecular weight is 251 g/mol. The molecular formula is C13H17NO4. The predicted molar refractivity (Wildman–Crippen MR) is 66.3 cm³/mol. The lowest BCUT2D eigenvalue weighted by atomic mass is 10.2. The number of para-hydroxylation sites is 1. The first-order chi connectivity index (χ1) is 8.63. The number of benzene rings is 1. The molecule has 1 aromatic rings. The Hall–Kier alpha value is -2.04. The number of hydrogen-bond acceptors (Lipinski definition) is 4. The SMILES string of the molecule is COC(=O)CNC(=O)CCOc1ccccc1C. The molecule has 0 heterocycles. The molecule has 0 aliphatic heterocycles. The summed E-state index contributed by atoms with van der Waals surface area (Å²) < 4.78 is 9.87. The highest BCUT2D eigenvalue weighted by Crippen LogP contribution is 2.15. The highest BCUT2D eigenvalue weighted by atomic mass is 16.5. The Balaban J connectivity index is 2.24. The number of hydrogen-bond donors (Lipinski definition) is 1. The van der Waals surface area contributed by atoms with E-state index < -0.39 is 5.97 Å². The molecule has 1 aromatic carbocycles. The van der Waals surface area contributed by atoms with E-state index >= 15 is 0 Å². The second-order valence-corrected chi connectivity index (χ2v) is 3.72. The van der Waals surface area contributed by atoms with E-state index in [0.717, 1.165) is 11.3 Å². The van der Waals surface area contributed by atoms with Gasteiger partial charge < -0.3 is 14.8 Å². The molecule has 0 bridgehead atoms. The van der Waals surface area contributed by atoms with Crippen molar-refractivity contribution in [1.29, 1.82) is 0 Å². The van der Waals surface area contributed by atoms with Crippen molar-refractivity contribution in [2.45, 2.75) is 13.3 Å². The number of carbonyl (C=O) groups excluding carboxylic acids is 2. The summed E-state index contributed by atoms with van der Waals surface area (Å²) >= 11 is 0. The second-order valence-electron chi connectivity index (χ2n) is 3.72. The lowest BCUT2D eigenvalue weighted by molar-refractivity contribution is -0.141. The molecule has 0 unspecified atom stereocenters. The quantitative estimate of drug-likeness (QED) is 0.768. The van der Waals surface area contributed by atoms with Gasteiger partial charge in [0, 0.05) is 0 Å². The number of carbonyl (C=O) groups is 2. The Morgan fingerprint density at radius 1 is 1.28 bits per heavy atom. The first kappa shape index (κ1) is 14.0. The van der Waals surface area contributed by atoms with Crippen LogP contribution in [0.3, 0.4) is 0 Å². The van der Waals surface area contributed by atoms with Crippen LogP contribution in [-0.4, -0.2) is 32.1 Å². The van der Waals surface area contributed by atoms with Crippen LogP contribution in [-0.2, 0) is 14.3 Å². The molecule has 0 aliphatic carbocycles. The van der Waals surface area contributed by atoms with E-state index in [0.29, 0.717) is 0 Å². The Morgan fingerprint density at radius 2 is 2.00 bits per heavy atom. The van der Waals surface area contributed by atoms with Gasteiger partial charge in [-0.15, -0.1) is 0 Å². The molecule has 0 atom stereocenters. The molecule has 0 fully saturated rings. The molecule has 5 nitrogen and oxygen atoms in total. The van der Waals surface area contributed by atoms with Crippen molar-refractivity contribution in [3.05, 3.63) is 29.8 Å². The maximum absolute atomic E-state index is 11.3. The van der Waals surface area contributed by atoms with Crippen LogP contribution in [0.2, 0.25) is 0 Å². The first-order valence-corrected chi connectivity index (χ1v) is 5.65. The van der Waals surface area contributed by atoms with Crippen LogP contribution >= 0.6 is 0 Å². The Morgan fingerprint density at radius 3 is 2.67 bits per heavy atom.